The molecule has 0 aromatic carbocycles. The predicted molar refractivity (Wildman–Crippen MR) is 144 cm³/mol. The van der Waals surface area contributed by atoms with Gasteiger partial charge >= 0.3 is 0 Å². The summed E-state index contributed by atoms with van der Waals surface area (Å²) in [6.07, 6.45) is 13.8. The minimum atomic E-state index is -0.724. The number of carbonyl (C=O) groups excluding carboxylic acids is 1. The summed E-state index contributed by atoms with van der Waals surface area (Å²) >= 11 is 0. The molecule has 0 heterocycles. The number of alkyl halides is 1. The molecule has 202 valence electrons. The second-order valence-electron chi connectivity index (χ2n) is 13.0. The monoisotopic (exact) mass is 491 g/mol. The second kappa shape index (κ2) is 12.6. The van der Waals surface area contributed by atoms with Gasteiger partial charge in [0.05, 0.1) is 6.10 Å². The molecule has 1 amide bonds. The zero-order valence-corrected chi connectivity index (χ0v) is 23.4. The van der Waals surface area contributed by atoms with Crippen LogP contribution in [0.1, 0.15) is 131 Å². The highest BCUT2D eigenvalue weighted by molar-refractivity contribution is 5.76. The van der Waals surface area contributed by atoms with Crippen molar-refractivity contribution >= 4 is 5.91 Å². The average molecular weight is 492 g/mol. The van der Waals surface area contributed by atoms with Gasteiger partial charge in [0.2, 0.25) is 5.91 Å². The van der Waals surface area contributed by atoms with Gasteiger partial charge in [-0.3, -0.25) is 4.79 Å². The molecule has 0 bridgehead atoms. The van der Waals surface area contributed by atoms with Crippen LogP contribution >= 0.6 is 0 Å². The summed E-state index contributed by atoms with van der Waals surface area (Å²) in [4.78, 5) is 12.6. The van der Waals surface area contributed by atoms with Gasteiger partial charge in [-0.15, -0.1) is 0 Å². The van der Waals surface area contributed by atoms with Gasteiger partial charge in [-0.1, -0.05) is 64.5 Å². The van der Waals surface area contributed by atoms with E-state index in [9.17, 15) is 14.3 Å². The van der Waals surface area contributed by atoms with Gasteiger partial charge in [0.15, 0.2) is 0 Å². The normalized spacial score (nSPS) is 33.1. The first-order chi connectivity index (χ1) is 16.6. The molecule has 3 nitrogen and oxygen atoms in total. The van der Waals surface area contributed by atoms with Crippen LogP contribution in [0.15, 0.2) is 11.1 Å². The number of hydrogen-bond donors (Lipinski definition) is 2. The maximum absolute atomic E-state index is 14.0. The van der Waals surface area contributed by atoms with Crippen LogP contribution in [0.3, 0.4) is 0 Å². The van der Waals surface area contributed by atoms with E-state index in [0.29, 0.717) is 49.0 Å². The van der Waals surface area contributed by atoms with Gasteiger partial charge in [0.1, 0.15) is 6.17 Å². The van der Waals surface area contributed by atoms with Crippen LogP contribution in [0.4, 0.5) is 4.39 Å². The fraction of sp³-hybridized carbons (Fsp3) is 0.903. The van der Waals surface area contributed by atoms with Crippen molar-refractivity contribution in [3.63, 3.8) is 0 Å². The smallest absolute Gasteiger partial charge is 0.220 e. The summed E-state index contributed by atoms with van der Waals surface area (Å²) in [7, 11) is 0. The van der Waals surface area contributed by atoms with Crippen molar-refractivity contribution in [1.82, 2.24) is 5.32 Å². The molecule has 0 aromatic heterocycles. The molecule has 0 aliphatic heterocycles. The van der Waals surface area contributed by atoms with E-state index in [0.717, 1.165) is 44.9 Å². The van der Waals surface area contributed by atoms with E-state index >= 15 is 0 Å². The quantitative estimate of drug-likeness (QED) is 0.215. The molecule has 2 fully saturated rings. The molecule has 2 N–H and O–H groups in total. The Hall–Kier alpha value is -0.900. The van der Waals surface area contributed by atoms with Crippen molar-refractivity contribution in [2.24, 2.45) is 28.6 Å². The lowest BCUT2D eigenvalue weighted by atomic mass is 9.43. The number of carbonyl (C=O) groups is 1. The number of allylic oxidation sites excluding steroid dienone is 2. The number of fused-ring (bicyclic) bond motifs is 3. The molecular weight excluding hydrogens is 437 g/mol. The Bertz CT molecular complexity index is 731. The largest absolute Gasteiger partial charge is 0.393 e. The lowest BCUT2D eigenvalue weighted by molar-refractivity contribution is -0.149. The number of unbranched alkanes of at least 4 members (excludes halogenated alkanes) is 3. The van der Waals surface area contributed by atoms with Crippen molar-refractivity contribution < 1.29 is 14.3 Å². The van der Waals surface area contributed by atoms with Crippen molar-refractivity contribution in [3.8, 4) is 0 Å². The highest BCUT2D eigenvalue weighted by Crippen LogP contribution is 2.64. The fourth-order valence-corrected chi connectivity index (χ4v) is 8.25. The Kier molecular flexibility index (Phi) is 10.3. The van der Waals surface area contributed by atoms with Gasteiger partial charge in [-0.2, -0.15) is 0 Å². The molecule has 3 rings (SSSR count). The molecule has 3 aliphatic rings. The van der Waals surface area contributed by atoms with Crippen molar-refractivity contribution in [3.05, 3.63) is 11.1 Å². The molecule has 35 heavy (non-hydrogen) atoms. The lowest BCUT2D eigenvalue weighted by Crippen LogP contribution is -2.56. The molecule has 0 spiro atoms. The van der Waals surface area contributed by atoms with Crippen LogP contribution in [0.25, 0.3) is 0 Å². The zero-order valence-electron chi connectivity index (χ0n) is 23.4. The number of amides is 1. The van der Waals surface area contributed by atoms with Crippen molar-refractivity contribution in [2.75, 3.05) is 6.54 Å². The average Bonchev–Trinajstić information content (AvgIpc) is 2.81. The molecular formula is C31H54FNO2. The maximum Gasteiger partial charge on any atom is 0.220 e. The molecule has 1 unspecified atom stereocenters. The van der Waals surface area contributed by atoms with Gasteiger partial charge in [-0.05, 0) is 99.7 Å². The van der Waals surface area contributed by atoms with E-state index in [2.05, 4.69) is 39.9 Å². The fourth-order valence-electron chi connectivity index (χ4n) is 8.25. The Morgan fingerprint density at radius 2 is 1.83 bits per heavy atom. The molecule has 3 aliphatic carbocycles. The Labute approximate surface area is 215 Å². The highest BCUT2D eigenvalue weighted by atomic mass is 19.1. The summed E-state index contributed by atoms with van der Waals surface area (Å²) in [6.45, 7) is 12.1. The van der Waals surface area contributed by atoms with E-state index in [1.165, 1.54) is 37.7 Å². The van der Waals surface area contributed by atoms with Crippen LogP contribution in [0, 0.1) is 28.6 Å². The minimum absolute atomic E-state index is 0.0116. The third kappa shape index (κ3) is 6.70. The van der Waals surface area contributed by atoms with Gasteiger partial charge in [0, 0.05) is 13.0 Å². The second-order valence-corrected chi connectivity index (χ2v) is 13.0. The first kappa shape index (κ1) is 28.7. The number of rotatable bonds is 12. The molecule has 4 heteroatoms. The number of aliphatic hydroxyl groups is 1. The van der Waals surface area contributed by atoms with E-state index in [4.69, 9.17) is 0 Å². The van der Waals surface area contributed by atoms with Crippen molar-refractivity contribution in [1.29, 1.82) is 0 Å². The van der Waals surface area contributed by atoms with E-state index in [1.54, 1.807) is 5.57 Å². The van der Waals surface area contributed by atoms with E-state index in [1.807, 2.05) is 0 Å². The summed E-state index contributed by atoms with van der Waals surface area (Å²) in [5, 5.41) is 13.8. The first-order valence-electron chi connectivity index (χ1n) is 14.9. The van der Waals surface area contributed by atoms with Gasteiger partial charge in [0.25, 0.3) is 0 Å². The van der Waals surface area contributed by atoms with Crippen LogP contribution in [0.5, 0.6) is 0 Å². The molecule has 0 saturated heterocycles. The maximum atomic E-state index is 14.0. The molecule has 0 aromatic rings. The van der Waals surface area contributed by atoms with Crippen molar-refractivity contribution in [2.45, 2.75) is 143 Å². The zero-order chi connectivity index (χ0) is 25.6. The van der Waals surface area contributed by atoms with Crippen LogP contribution in [-0.4, -0.2) is 29.8 Å². The van der Waals surface area contributed by atoms with Gasteiger partial charge in [-0.25, -0.2) is 4.39 Å². The molecule has 2 saturated carbocycles. The lowest BCUT2D eigenvalue weighted by Gasteiger charge is -2.62. The third-order valence-electron chi connectivity index (χ3n) is 10.4. The van der Waals surface area contributed by atoms with E-state index < -0.39 is 6.17 Å². The van der Waals surface area contributed by atoms with E-state index in [-0.39, 0.29) is 17.4 Å². The summed E-state index contributed by atoms with van der Waals surface area (Å²) in [6, 6.07) is 0. The number of aliphatic hydroxyl groups excluding tert-OH is 1. The van der Waals surface area contributed by atoms with Crippen LogP contribution < -0.4 is 5.32 Å². The first-order valence-corrected chi connectivity index (χ1v) is 14.9. The number of nitrogens with one attached hydrogen (secondary N) is 1. The Morgan fingerprint density at radius 1 is 1.09 bits per heavy atom. The minimum Gasteiger partial charge on any atom is -0.393 e. The SMILES string of the molecule is CCCCCCC(F)CCCNC(=O)CCC1=C(C)CC[C@H]2[C@H]1CC[C@H]1C(C)(C)[C@@H](O)CC[C@]21C. The summed E-state index contributed by atoms with van der Waals surface area (Å²) in [5.41, 5.74) is 3.34. The van der Waals surface area contributed by atoms with Crippen LogP contribution in [0.2, 0.25) is 0 Å². The standard InChI is InChI=1S/C31H54FNO2/c1-6-7-8-9-11-23(32)12-10-21-33-29(35)18-15-24-22(2)13-16-26-25(24)14-17-27-30(3,4)28(34)19-20-31(26,27)5/h23,25-28,34H,6-21H2,1-5H3,(H,33,35)/t23?,25-,26-,27-,28-,31+/m0/s1. The third-order valence-corrected chi connectivity index (χ3v) is 10.4. The summed E-state index contributed by atoms with van der Waals surface area (Å²) in [5.74, 6) is 1.97. The number of hydrogen-bond acceptors (Lipinski definition) is 2. The highest BCUT2D eigenvalue weighted by Gasteiger charge is 2.58. The number of halogens is 1. The van der Waals surface area contributed by atoms with Gasteiger partial charge < -0.3 is 10.4 Å². The summed E-state index contributed by atoms with van der Waals surface area (Å²) < 4.78 is 14.0. The molecule has 6 atom stereocenters. The van der Waals surface area contributed by atoms with Crippen LogP contribution in [-0.2, 0) is 4.79 Å². The Balaban J connectivity index is 1.46. The topological polar surface area (TPSA) is 49.3 Å². The molecule has 0 radical (unpaired) electrons. The predicted octanol–water partition coefficient (Wildman–Crippen LogP) is 7.91. The Morgan fingerprint density at radius 3 is 2.57 bits per heavy atom.